The highest BCUT2D eigenvalue weighted by molar-refractivity contribution is 6.04. The number of amides is 1. The van der Waals surface area contributed by atoms with Gasteiger partial charge < -0.3 is 15.0 Å². The Kier molecular flexibility index (Phi) is 4.83. The molecule has 1 aromatic carbocycles. The summed E-state index contributed by atoms with van der Waals surface area (Å²) >= 11 is 0. The Labute approximate surface area is 147 Å². The number of alkyl halides is 3. The van der Waals surface area contributed by atoms with E-state index in [4.69, 9.17) is 4.74 Å². The van der Waals surface area contributed by atoms with Gasteiger partial charge in [0.2, 0.25) is 0 Å². The molecule has 0 radical (unpaired) electrons. The summed E-state index contributed by atoms with van der Waals surface area (Å²) in [7, 11) is 0. The number of carbonyl (C=O) groups excluding carboxylic acids is 1. The zero-order chi connectivity index (χ0) is 18.7. The van der Waals surface area contributed by atoms with Crippen LogP contribution in [0.3, 0.4) is 0 Å². The Morgan fingerprint density at radius 1 is 1.23 bits per heavy atom. The zero-order valence-electron chi connectivity index (χ0n) is 13.9. The van der Waals surface area contributed by atoms with E-state index in [0.717, 1.165) is 17.5 Å². The number of rotatable bonds is 5. The van der Waals surface area contributed by atoms with Crippen LogP contribution in [0.2, 0.25) is 0 Å². The van der Waals surface area contributed by atoms with Gasteiger partial charge in [0.15, 0.2) is 0 Å². The quantitative estimate of drug-likeness (QED) is 0.695. The van der Waals surface area contributed by atoms with Crippen molar-refractivity contribution >= 4 is 22.6 Å². The van der Waals surface area contributed by atoms with E-state index >= 15 is 0 Å². The van der Waals surface area contributed by atoms with E-state index in [-0.39, 0.29) is 17.1 Å². The summed E-state index contributed by atoms with van der Waals surface area (Å²) in [6.07, 6.45) is -2.16. The van der Waals surface area contributed by atoms with Crippen LogP contribution in [-0.4, -0.2) is 22.5 Å². The molecule has 2 aromatic heterocycles. The number of nitrogens with zero attached hydrogens (tertiary/aromatic N) is 1. The number of benzene rings is 1. The maximum absolute atomic E-state index is 13.0. The van der Waals surface area contributed by atoms with Crippen molar-refractivity contribution in [2.24, 2.45) is 0 Å². The van der Waals surface area contributed by atoms with Crippen molar-refractivity contribution in [3.63, 3.8) is 0 Å². The summed E-state index contributed by atoms with van der Waals surface area (Å²) in [4.78, 5) is 19.5. The van der Waals surface area contributed by atoms with E-state index in [0.29, 0.717) is 18.7 Å². The van der Waals surface area contributed by atoms with Crippen LogP contribution in [0.4, 0.5) is 18.9 Å². The maximum Gasteiger partial charge on any atom is 0.416 e. The summed E-state index contributed by atoms with van der Waals surface area (Å²) in [5.74, 6) is -0.448. The summed E-state index contributed by atoms with van der Waals surface area (Å²) in [6, 6.07) is 7.99. The van der Waals surface area contributed by atoms with E-state index in [9.17, 15) is 18.0 Å². The van der Waals surface area contributed by atoms with Crippen LogP contribution < -0.4 is 10.1 Å². The van der Waals surface area contributed by atoms with Gasteiger partial charge in [-0.2, -0.15) is 13.2 Å². The van der Waals surface area contributed by atoms with Crippen molar-refractivity contribution in [3.05, 3.63) is 53.9 Å². The number of fused-ring (bicyclic) bond motifs is 1. The molecule has 3 rings (SSSR count). The van der Waals surface area contributed by atoms with Crippen LogP contribution in [0.15, 0.2) is 42.6 Å². The van der Waals surface area contributed by atoms with Gasteiger partial charge in [-0.15, -0.1) is 0 Å². The smallest absolute Gasteiger partial charge is 0.416 e. The van der Waals surface area contributed by atoms with E-state index in [2.05, 4.69) is 15.3 Å². The molecule has 0 atom stereocenters. The summed E-state index contributed by atoms with van der Waals surface area (Å²) in [5, 5.41) is 3.29. The van der Waals surface area contributed by atoms with Crippen molar-refractivity contribution in [2.45, 2.75) is 19.5 Å². The first kappa shape index (κ1) is 17.8. The number of hydrogen-bond acceptors (Lipinski definition) is 3. The molecule has 1 amide bonds. The van der Waals surface area contributed by atoms with E-state index in [1.807, 2.05) is 6.92 Å². The number of aromatic amines is 1. The Morgan fingerprint density at radius 3 is 2.77 bits per heavy atom. The third-order valence-electron chi connectivity index (χ3n) is 3.66. The highest BCUT2D eigenvalue weighted by Crippen LogP contribution is 2.35. The number of nitrogens with one attached hydrogen (secondary N) is 2. The molecule has 136 valence electrons. The van der Waals surface area contributed by atoms with Gasteiger partial charge in [-0.05, 0) is 42.8 Å². The average Bonchev–Trinajstić information content (AvgIpc) is 3.07. The van der Waals surface area contributed by atoms with Gasteiger partial charge in [-0.3, -0.25) is 4.79 Å². The van der Waals surface area contributed by atoms with Crippen LogP contribution in [0.5, 0.6) is 5.75 Å². The Balaban J connectivity index is 1.91. The molecule has 0 aliphatic carbocycles. The van der Waals surface area contributed by atoms with Gasteiger partial charge in [-0.1, -0.05) is 6.92 Å². The van der Waals surface area contributed by atoms with E-state index in [1.165, 1.54) is 12.1 Å². The molecule has 2 heterocycles. The molecular weight excluding hydrogens is 347 g/mol. The minimum Gasteiger partial charge on any atom is -0.491 e. The molecule has 0 saturated carbocycles. The third kappa shape index (κ3) is 3.79. The molecule has 26 heavy (non-hydrogen) atoms. The lowest BCUT2D eigenvalue weighted by atomic mass is 10.1. The first-order valence-electron chi connectivity index (χ1n) is 7.98. The van der Waals surface area contributed by atoms with Gasteiger partial charge in [0.05, 0.1) is 17.9 Å². The zero-order valence-corrected chi connectivity index (χ0v) is 13.9. The minimum absolute atomic E-state index is 0.0494. The second-order valence-corrected chi connectivity index (χ2v) is 5.62. The molecule has 2 N–H and O–H groups in total. The topological polar surface area (TPSA) is 67.0 Å². The van der Waals surface area contributed by atoms with E-state index < -0.39 is 17.6 Å². The molecule has 0 aliphatic rings. The van der Waals surface area contributed by atoms with Gasteiger partial charge >= 0.3 is 6.18 Å². The molecule has 8 heteroatoms. The van der Waals surface area contributed by atoms with Crippen LogP contribution in [0, 0.1) is 0 Å². The molecule has 0 spiro atoms. The fourth-order valence-corrected chi connectivity index (χ4v) is 2.39. The lowest BCUT2D eigenvalue weighted by molar-refractivity contribution is -0.137. The van der Waals surface area contributed by atoms with Crippen LogP contribution in [-0.2, 0) is 6.18 Å². The predicted molar refractivity (Wildman–Crippen MR) is 91.3 cm³/mol. The second-order valence-electron chi connectivity index (χ2n) is 5.62. The number of anilines is 1. The number of halogens is 3. The van der Waals surface area contributed by atoms with Crippen molar-refractivity contribution < 1.29 is 22.7 Å². The Morgan fingerprint density at radius 2 is 2.04 bits per heavy atom. The lowest BCUT2D eigenvalue weighted by Crippen LogP contribution is -2.16. The fourth-order valence-electron chi connectivity index (χ4n) is 2.39. The van der Waals surface area contributed by atoms with Crippen molar-refractivity contribution in [2.75, 3.05) is 11.9 Å². The molecular formula is C18H16F3N3O2. The Hall–Kier alpha value is -3.03. The van der Waals surface area contributed by atoms with Crippen LogP contribution in [0.1, 0.15) is 29.4 Å². The van der Waals surface area contributed by atoms with Gasteiger partial charge in [0, 0.05) is 11.6 Å². The summed E-state index contributed by atoms with van der Waals surface area (Å²) < 4.78 is 44.4. The molecule has 0 aliphatic heterocycles. The normalized spacial score (nSPS) is 11.5. The monoisotopic (exact) mass is 363 g/mol. The van der Waals surface area contributed by atoms with E-state index in [1.54, 1.807) is 18.3 Å². The predicted octanol–water partition coefficient (Wildman–Crippen LogP) is 4.62. The molecule has 0 saturated heterocycles. The number of ether oxygens (including phenoxy) is 1. The van der Waals surface area contributed by atoms with Gasteiger partial charge in [-0.25, -0.2) is 4.98 Å². The molecule has 0 fully saturated rings. The number of H-pyrrole nitrogens is 1. The van der Waals surface area contributed by atoms with Crippen molar-refractivity contribution in [1.82, 2.24) is 9.97 Å². The molecule has 5 nitrogen and oxygen atoms in total. The standard InChI is InChI=1S/C18H16F3N3O2/c1-2-9-26-15-6-4-12(18(19,20)21)10-14(15)24-17(25)13-5-3-11-7-8-22-16(11)23-13/h3-8,10H,2,9H2,1H3,(H,22,23)(H,24,25). The largest absolute Gasteiger partial charge is 0.491 e. The third-order valence-corrected chi connectivity index (χ3v) is 3.66. The number of carbonyl (C=O) groups is 1. The maximum atomic E-state index is 13.0. The van der Waals surface area contributed by atoms with Crippen molar-refractivity contribution in [1.29, 1.82) is 0 Å². The number of pyridine rings is 1. The van der Waals surface area contributed by atoms with Crippen molar-refractivity contribution in [3.8, 4) is 5.75 Å². The lowest BCUT2D eigenvalue weighted by Gasteiger charge is -2.15. The average molecular weight is 363 g/mol. The SMILES string of the molecule is CCCOc1ccc(C(F)(F)F)cc1NC(=O)c1ccc2cc[nH]c2n1. The molecule has 0 bridgehead atoms. The van der Waals surface area contributed by atoms with Gasteiger partial charge in [0.1, 0.15) is 17.1 Å². The first-order valence-corrected chi connectivity index (χ1v) is 7.98. The van der Waals surface area contributed by atoms with Gasteiger partial charge in [0.25, 0.3) is 5.91 Å². The second kappa shape index (κ2) is 7.07. The molecule has 3 aromatic rings. The fraction of sp³-hybridized carbons (Fsp3) is 0.222. The summed E-state index contributed by atoms with van der Waals surface area (Å²) in [6.45, 7) is 2.19. The minimum atomic E-state index is -4.52. The highest BCUT2D eigenvalue weighted by Gasteiger charge is 2.31. The highest BCUT2D eigenvalue weighted by atomic mass is 19.4. The number of aromatic nitrogens is 2. The Bertz CT molecular complexity index is 935. The number of hydrogen-bond donors (Lipinski definition) is 2. The summed E-state index contributed by atoms with van der Waals surface area (Å²) in [5.41, 5.74) is -0.320. The van der Waals surface area contributed by atoms with Crippen LogP contribution >= 0.6 is 0 Å². The first-order chi connectivity index (χ1) is 12.4. The molecule has 0 unspecified atom stereocenters. The van der Waals surface area contributed by atoms with Crippen LogP contribution in [0.25, 0.3) is 11.0 Å².